The Balaban J connectivity index is 2.15. The van der Waals surface area contributed by atoms with E-state index in [1.807, 2.05) is 12.1 Å². The fraction of sp³-hybridized carbons (Fsp3) is 0.545. The highest BCUT2D eigenvalue weighted by atomic mass is 79.9. The molecule has 1 atom stereocenters. The Kier molecular flexibility index (Phi) is 3.85. The van der Waals surface area contributed by atoms with Gasteiger partial charge in [-0.05, 0) is 40.9 Å². The first kappa shape index (κ1) is 13.0. The van der Waals surface area contributed by atoms with E-state index >= 15 is 0 Å². The van der Waals surface area contributed by atoms with Crippen molar-refractivity contribution in [3.8, 4) is 0 Å². The van der Waals surface area contributed by atoms with Crippen LogP contribution in [-0.4, -0.2) is 37.1 Å². The summed E-state index contributed by atoms with van der Waals surface area (Å²) in [5.41, 5.74) is 0.974. The Hall–Kier alpha value is -0.460. The first-order valence-corrected chi connectivity index (χ1v) is 8.17. The maximum Gasteiger partial charge on any atom is 0.211 e. The van der Waals surface area contributed by atoms with Crippen LogP contribution in [0.15, 0.2) is 22.8 Å². The fourth-order valence-corrected chi connectivity index (χ4v) is 3.26. The summed E-state index contributed by atoms with van der Waals surface area (Å²) in [4.78, 5) is 4.35. The van der Waals surface area contributed by atoms with E-state index in [4.69, 9.17) is 0 Å². The van der Waals surface area contributed by atoms with Crippen molar-refractivity contribution in [2.75, 3.05) is 19.3 Å². The Morgan fingerprint density at radius 2 is 2.24 bits per heavy atom. The zero-order chi connectivity index (χ0) is 12.5. The monoisotopic (exact) mass is 318 g/mol. The second-order valence-electron chi connectivity index (χ2n) is 4.36. The highest BCUT2D eigenvalue weighted by Gasteiger charge is 2.27. The number of rotatable bonds is 2. The smallest absolute Gasteiger partial charge is 0.211 e. The van der Waals surface area contributed by atoms with Crippen molar-refractivity contribution < 1.29 is 8.42 Å². The van der Waals surface area contributed by atoms with E-state index in [1.54, 1.807) is 10.5 Å². The third kappa shape index (κ3) is 3.26. The van der Waals surface area contributed by atoms with Gasteiger partial charge in [-0.25, -0.2) is 12.7 Å². The molecule has 0 amide bonds. The van der Waals surface area contributed by atoms with E-state index in [1.165, 1.54) is 6.26 Å². The highest BCUT2D eigenvalue weighted by Crippen LogP contribution is 2.27. The van der Waals surface area contributed by atoms with Crippen LogP contribution in [-0.2, 0) is 10.0 Å². The van der Waals surface area contributed by atoms with E-state index in [9.17, 15) is 8.42 Å². The van der Waals surface area contributed by atoms with Crippen LogP contribution in [0.3, 0.4) is 0 Å². The third-order valence-electron chi connectivity index (χ3n) is 3.02. The van der Waals surface area contributed by atoms with Crippen molar-refractivity contribution in [3.05, 3.63) is 28.5 Å². The summed E-state index contributed by atoms with van der Waals surface area (Å²) >= 11 is 3.34. The van der Waals surface area contributed by atoms with E-state index in [0.717, 1.165) is 23.0 Å². The topological polar surface area (TPSA) is 50.3 Å². The molecule has 1 unspecified atom stereocenters. The summed E-state index contributed by atoms with van der Waals surface area (Å²) in [5.74, 6) is 0.214. The summed E-state index contributed by atoms with van der Waals surface area (Å²) in [6, 6.07) is 3.91. The van der Waals surface area contributed by atoms with Crippen LogP contribution >= 0.6 is 15.9 Å². The summed E-state index contributed by atoms with van der Waals surface area (Å²) in [7, 11) is -3.08. The Morgan fingerprint density at radius 1 is 1.47 bits per heavy atom. The van der Waals surface area contributed by atoms with Gasteiger partial charge >= 0.3 is 0 Å². The van der Waals surface area contributed by atoms with Crippen molar-refractivity contribution >= 4 is 26.0 Å². The number of hydrogen-bond donors (Lipinski definition) is 0. The Morgan fingerprint density at radius 3 is 2.82 bits per heavy atom. The molecule has 0 bridgehead atoms. The maximum absolute atomic E-state index is 11.5. The first-order valence-electron chi connectivity index (χ1n) is 5.53. The number of pyridine rings is 1. The highest BCUT2D eigenvalue weighted by molar-refractivity contribution is 9.10. The van der Waals surface area contributed by atoms with Crippen molar-refractivity contribution in [3.63, 3.8) is 0 Å². The van der Waals surface area contributed by atoms with Gasteiger partial charge in [0.15, 0.2) is 0 Å². The molecule has 6 heteroatoms. The van der Waals surface area contributed by atoms with Gasteiger partial charge in [0, 0.05) is 35.4 Å². The predicted octanol–water partition coefficient (Wildman–Crippen LogP) is 1.98. The van der Waals surface area contributed by atoms with Gasteiger partial charge in [0.1, 0.15) is 0 Å². The van der Waals surface area contributed by atoms with Gasteiger partial charge in [0.05, 0.1) is 6.26 Å². The van der Waals surface area contributed by atoms with Crippen molar-refractivity contribution in [1.29, 1.82) is 0 Å². The van der Waals surface area contributed by atoms with Gasteiger partial charge < -0.3 is 0 Å². The molecule has 0 aliphatic carbocycles. The van der Waals surface area contributed by atoms with Crippen LogP contribution in [0.5, 0.6) is 0 Å². The van der Waals surface area contributed by atoms with E-state index in [2.05, 4.69) is 20.9 Å². The minimum atomic E-state index is -3.08. The average molecular weight is 319 g/mol. The lowest BCUT2D eigenvalue weighted by Crippen LogP contribution is -2.38. The molecule has 2 rings (SSSR count). The lowest BCUT2D eigenvalue weighted by Gasteiger charge is -2.30. The lowest BCUT2D eigenvalue weighted by atomic mass is 9.96. The number of piperidine rings is 1. The molecule has 17 heavy (non-hydrogen) atoms. The summed E-state index contributed by atoms with van der Waals surface area (Å²) < 4.78 is 25.5. The lowest BCUT2D eigenvalue weighted by molar-refractivity contribution is 0.314. The second-order valence-corrected chi connectivity index (χ2v) is 7.26. The zero-order valence-electron chi connectivity index (χ0n) is 9.63. The van der Waals surface area contributed by atoms with Crippen LogP contribution in [0.4, 0.5) is 0 Å². The summed E-state index contributed by atoms with van der Waals surface area (Å²) in [5, 5.41) is 0. The number of aromatic nitrogens is 1. The number of hydrogen-bond acceptors (Lipinski definition) is 3. The normalized spacial score (nSPS) is 22.6. The van der Waals surface area contributed by atoms with E-state index in [-0.39, 0.29) is 5.92 Å². The number of sulfonamides is 1. The molecular formula is C11H15BrN2O2S. The number of nitrogens with zero attached hydrogens (tertiary/aromatic N) is 2. The van der Waals surface area contributed by atoms with Crippen LogP contribution < -0.4 is 0 Å². The molecule has 1 saturated heterocycles. The zero-order valence-corrected chi connectivity index (χ0v) is 12.0. The second kappa shape index (κ2) is 5.04. The Labute approximate surface area is 110 Å². The van der Waals surface area contributed by atoms with Crippen LogP contribution in [0.2, 0.25) is 0 Å². The quantitative estimate of drug-likeness (QED) is 0.837. The van der Waals surface area contributed by atoms with Crippen molar-refractivity contribution in [2.24, 2.45) is 0 Å². The molecule has 1 aromatic rings. The molecule has 4 nitrogen and oxygen atoms in total. The van der Waals surface area contributed by atoms with E-state index in [0.29, 0.717) is 13.1 Å². The van der Waals surface area contributed by atoms with Gasteiger partial charge in [-0.2, -0.15) is 0 Å². The van der Waals surface area contributed by atoms with Crippen LogP contribution in [0.1, 0.15) is 24.5 Å². The van der Waals surface area contributed by atoms with Crippen LogP contribution in [0, 0.1) is 0 Å². The molecule has 0 aromatic carbocycles. The third-order valence-corrected chi connectivity index (χ3v) is 4.76. The molecule has 1 aromatic heterocycles. The number of halogens is 1. The van der Waals surface area contributed by atoms with Gasteiger partial charge in [-0.15, -0.1) is 0 Å². The SMILES string of the molecule is CS(=O)(=O)N1CCCC(c2ccc(Br)cn2)C1. The van der Waals surface area contributed by atoms with Gasteiger partial charge in [-0.3, -0.25) is 4.98 Å². The molecule has 0 N–H and O–H groups in total. The predicted molar refractivity (Wildman–Crippen MR) is 70.3 cm³/mol. The summed E-state index contributed by atoms with van der Waals surface area (Å²) in [6.45, 7) is 1.18. The molecule has 1 fully saturated rings. The largest absolute Gasteiger partial charge is 0.260 e. The van der Waals surface area contributed by atoms with Gasteiger partial charge in [-0.1, -0.05) is 0 Å². The molecule has 0 spiro atoms. The molecule has 0 saturated carbocycles. The molecular weight excluding hydrogens is 304 g/mol. The Bertz CT molecular complexity index is 487. The fourth-order valence-electron chi connectivity index (χ4n) is 2.11. The molecule has 0 radical (unpaired) electrons. The standard InChI is InChI=1S/C11H15BrN2O2S/c1-17(15,16)14-6-2-3-9(8-14)11-5-4-10(12)7-13-11/h4-5,7,9H,2-3,6,8H2,1H3. The average Bonchev–Trinajstić information content (AvgIpc) is 2.29. The summed E-state index contributed by atoms with van der Waals surface area (Å²) in [6.07, 6.45) is 4.93. The molecule has 94 valence electrons. The van der Waals surface area contributed by atoms with Gasteiger partial charge in [0.2, 0.25) is 10.0 Å². The van der Waals surface area contributed by atoms with Crippen molar-refractivity contribution in [2.45, 2.75) is 18.8 Å². The molecule has 1 aliphatic rings. The maximum atomic E-state index is 11.5. The van der Waals surface area contributed by atoms with Gasteiger partial charge in [0.25, 0.3) is 0 Å². The van der Waals surface area contributed by atoms with E-state index < -0.39 is 10.0 Å². The van der Waals surface area contributed by atoms with Crippen LogP contribution in [0.25, 0.3) is 0 Å². The minimum Gasteiger partial charge on any atom is -0.260 e. The molecule has 2 heterocycles. The van der Waals surface area contributed by atoms with Crippen molar-refractivity contribution in [1.82, 2.24) is 9.29 Å². The first-order chi connectivity index (χ1) is 7.97. The molecule has 1 aliphatic heterocycles. The minimum absolute atomic E-state index is 0.214.